The highest BCUT2D eigenvalue weighted by atomic mass is 35.5. The molecule has 1 aliphatic rings. The Morgan fingerprint density at radius 1 is 1.15 bits per heavy atom. The fraction of sp³-hybridized carbons (Fsp3) is 0.316. The third-order valence-corrected chi connectivity index (χ3v) is 5.01. The number of rotatable bonds is 5. The van der Waals surface area contributed by atoms with Crippen molar-refractivity contribution in [2.45, 2.75) is 13.0 Å². The highest BCUT2D eigenvalue weighted by molar-refractivity contribution is 6.30. The number of piperazine rings is 1. The van der Waals surface area contributed by atoms with E-state index in [1.807, 2.05) is 31.2 Å². The van der Waals surface area contributed by atoms with Crippen molar-refractivity contribution >= 4 is 34.6 Å². The summed E-state index contributed by atoms with van der Waals surface area (Å²) in [4.78, 5) is 27.5. The minimum Gasteiger partial charge on any atom is -0.369 e. The molecule has 1 saturated heterocycles. The molecule has 0 radical (unpaired) electrons. The van der Waals surface area contributed by atoms with Crippen LogP contribution < -0.4 is 10.2 Å². The summed E-state index contributed by atoms with van der Waals surface area (Å²) in [5.41, 5.74) is 1.18. The Hall–Kier alpha value is -2.64. The van der Waals surface area contributed by atoms with Crippen molar-refractivity contribution < 1.29 is 9.72 Å². The van der Waals surface area contributed by atoms with E-state index in [2.05, 4.69) is 15.1 Å². The molecule has 2 aromatic carbocycles. The SMILES string of the molecule is CC(C(=O)Nc1ccccc1[N+](=O)[O-])N1CCN(c2cccc(Cl)c2)CC1. The van der Waals surface area contributed by atoms with Crippen LogP contribution in [0.25, 0.3) is 0 Å². The molecule has 0 aliphatic carbocycles. The molecule has 2 aromatic rings. The van der Waals surface area contributed by atoms with Crippen LogP contribution in [0.3, 0.4) is 0 Å². The molecule has 1 unspecified atom stereocenters. The quantitative estimate of drug-likeness (QED) is 0.627. The molecule has 27 heavy (non-hydrogen) atoms. The minimum atomic E-state index is -0.496. The molecule has 1 heterocycles. The zero-order chi connectivity index (χ0) is 19.4. The fourth-order valence-electron chi connectivity index (χ4n) is 3.18. The van der Waals surface area contributed by atoms with Gasteiger partial charge in [0.05, 0.1) is 11.0 Å². The number of benzene rings is 2. The standard InChI is InChI=1S/C19H21ClN4O3/c1-14(19(25)21-17-7-2-3-8-18(17)24(26)27)22-9-11-23(12-10-22)16-6-4-5-15(20)13-16/h2-8,13-14H,9-12H2,1H3,(H,21,25). The lowest BCUT2D eigenvalue weighted by Gasteiger charge is -2.38. The molecule has 142 valence electrons. The number of anilines is 2. The molecule has 0 saturated carbocycles. The van der Waals surface area contributed by atoms with Gasteiger partial charge in [-0.3, -0.25) is 19.8 Å². The van der Waals surface area contributed by atoms with Crippen molar-refractivity contribution in [1.29, 1.82) is 0 Å². The van der Waals surface area contributed by atoms with E-state index >= 15 is 0 Å². The van der Waals surface area contributed by atoms with Crippen LogP contribution in [0.4, 0.5) is 17.1 Å². The summed E-state index contributed by atoms with van der Waals surface area (Å²) in [6.07, 6.45) is 0. The summed E-state index contributed by atoms with van der Waals surface area (Å²) < 4.78 is 0. The van der Waals surface area contributed by atoms with Crippen LogP contribution in [0.2, 0.25) is 5.02 Å². The van der Waals surface area contributed by atoms with Crippen LogP contribution in [0.15, 0.2) is 48.5 Å². The highest BCUT2D eigenvalue weighted by Crippen LogP contribution is 2.24. The summed E-state index contributed by atoms with van der Waals surface area (Å²) in [6.45, 7) is 4.82. The van der Waals surface area contributed by atoms with Gasteiger partial charge in [0, 0.05) is 43.0 Å². The zero-order valence-corrected chi connectivity index (χ0v) is 15.7. The van der Waals surface area contributed by atoms with E-state index < -0.39 is 4.92 Å². The molecule has 3 rings (SSSR count). The largest absolute Gasteiger partial charge is 0.369 e. The Morgan fingerprint density at radius 2 is 1.85 bits per heavy atom. The molecule has 0 aromatic heterocycles. The normalized spacial score (nSPS) is 16.0. The second kappa shape index (κ2) is 8.37. The number of nitrogens with one attached hydrogen (secondary N) is 1. The van der Waals surface area contributed by atoms with Crippen LogP contribution in [-0.2, 0) is 4.79 Å². The van der Waals surface area contributed by atoms with Crippen molar-refractivity contribution in [3.63, 3.8) is 0 Å². The topological polar surface area (TPSA) is 78.7 Å². The van der Waals surface area contributed by atoms with Crippen LogP contribution in [0.5, 0.6) is 0 Å². The first kappa shape index (κ1) is 19.1. The van der Waals surface area contributed by atoms with Gasteiger partial charge in [0.25, 0.3) is 5.69 Å². The average molecular weight is 389 g/mol. The molecular formula is C19H21ClN4O3. The van der Waals surface area contributed by atoms with E-state index in [1.54, 1.807) is 18.2 Å². The first-order valence-corrected chi connectivity index (χ1v) is 9.12. The number of hydrogen-bond acceptors (Lipinski definition) is 5. The Balaban J connectivity index is 1.60. The maximum atomic E-state index is 12.6. The number of nitro groups is 1. The number of nitro benzene ring substituents is 1. The van der Waals surface area contributed by atoms with E-state index in [-0.39, 0.29) is 23.3 Å². The van der Waals surface area contributed by atoms with E-state index in [0.717, 1.165) is 31.9 Å². The maximum Gasteiger partial charge on any atom is 0.292 e. The average Bonchev–Trinajstić information content (AvgIpc) is 2.67. The Kier molecular flexibility index (Phi) is 5.93. The third-order valence-electron chi connectivity index (χ3n) is 4.77. The van der Waals surface area contributed by atoms with Crippen LogP contribution in [0.1, 0.15) is 6.92 Å². The van der Waals surface area contributed by atoms with Gasteiger partial charge in [-0.2, -0.15) is 0 Å². The van der Waals surface area contributed by atoms with E-state index in [9.17, 15) is 14.9 Å². The van der Waals surface area contributed by atoms with E-state index in [4.69, 9.17) is 11.6 Å². The highest BCUT2D eigenvalue weighted by Gasteiger charge is 2.27. The summed E-state index contributed by atoms with van der Waals surface area (Å²) >= 11 is 6.06. The molecule has 1 aliphatic heterocycles. The smallest absolute Gasteiger partial charge is 0.292 e. The lowest BCUT2D eigenvalue weighted by atomic mass is 10.2. The predicted octanol–water partition coefficient (Wildman–Crippen LogP) is 3.40. The number of carbonyl (C=O) groups is 1. The fourth-order valence-corrected chi connectivity index (χ4v) is 3.37. The number of carbonyl (C=O) groups excluding carboxylic acids is 1. The predicted molar refractivity (Wildman–Crippen MR) is 106 cm³/mol. The summed E-state index contributed by atoms with van der Waals surface area (Å²) in [5, 5.41) is 14.5. The number of para-hydroxylation sites is 2. The first-order chi connectivity index (χ1) is 13.0. The van der Waals surface area contributed by atoms with Crippen LogP contribution in [0, 0.1) is 10.1 Å². The second-order valence-electron chi connectivity index (χ2n) is 6.44. The van der Waals surface area contributed by atoms with Crippen molar-refractivity contribution in [3.8, 4) is 0 Å². The van der Waals surface area contributed by atoms with Crippen LogP contribution >= 0.6 is 11.6 Å². The third kappa shape index (κ3) is 4.56. The molecule has 0 spiro atoms. The zero-order valence-electron chi connectivity index (χ0n) is 15.0. The first-order valence-electron chi connectivity index (χ1n) is 8.74. The Labute approximate surface area is 162 Å². The molecule has 0 bridgehead atoms. The van der Waals surface area contributed by atoms with E-state index in [0.29, 0.717) is 5.02 Å². The van der Waals surface area contributed by atoms with Gasteiger partial charge < -0.3 is 10.2 Å². The van der Waals surface area contributed by atoms with Gasteiger partial charge in [0.15, 0.2) is 0 Å². The summed E-state index contributed by atoms with van der Waals surface area (Å²) in [6, 6.07) is 13.5. The number of halogens is 1. The molecular weight excluding hydrogens is 368 g/mol. The molecule has 1 atom stereocenters. The monoisotopic (exact) mass is 388 g/mol. The molecule has 1 fully saturated rings. The Bertz CT molecular complexity index is 837. The van der Waals surface area contributed by atoms with Crippen molar-refractivity contribution in [2.24, 2.45) is 0 Å². The lowest BCUT2D eigenvalue weighted by Crippen LogP contribution is -2.52. The molecule has 1 amide bonds. The van der Waals surface area contributed by atoms with Crippen LogP contribution in [-0.4, -0.2) is 48.0 Å². The molecule has 8 heteroatoms. The summed E-state index contributed by atoms with van der Waals surface area (Å²) in [5.74, 6) is -0.250. The second-order valence-corrected chi connectivity index (χ2v) is 6.88. The van der Waals surface area contributed by atoms with Gasteiger partial charge in [-0.1, -0.05) is 29.8 Å². The minimum absolute atomic E-state index is 0.108. The lowest BCUT2D eigenvalue weighted by molar-refractivity contribution is -0.383. The van der Waals surface area contributed by atoms with Gasteiger partial charge in [0.1, 0.15) is 5.69 Å². The molecule has 1 N–H and O–H groups in total. The molecule has 7 nitrogen and oxygen atoms in total. The van der Waals surface area contributed by atoms with Gasteiger partial charge >= 0.3 is 0 Å². The summed E-state index contributed by atoms with van der Waals surface area (Å²) in [7, 11) is 0. The van der Waals surface area contributed by atoms with Crippen molar-refractivity contribution in [1.82, 2.24) is 4.90 Å². The number of nitrogens with zero attached hydrogens (tertiary/aromatic N) is 3. The number of hydrogen-bond donors (Lipinski definition) is 1. The van der Waals surface area contributed by atoms with Crippen molar-refractivity contribution in [3.05, 3.63) is 63.7 Å². The maximum absolute atomic E-state index is 12.6. The van der Waals surface area contributed by atoms with Crippen molar-refractivity contribution in [2.75, 3.05) is 36.4 Å². The van der Waals surface area contributed by atoms with Gasteiger partial charge in [-0.05, 0) is 31.2 Å². The number of amides is 1. The Morgan fingerprint density at radius 3 is 2.52 bits per heavy atom. The van der Waals surface area contributed by atoms with Gasteiger partial charge in [0.2, 0.25) is 5.91 Å². The van der Waals surface area contributed by atoms with Gasteiger partial charge in [-0.25, -0.2) is 0 Å². The van der Waals surface area contributed by atoms with Gasteiger partial charge in [-0.15, -0.1) is 0 Å². The van der Waals surface area contributed by atoms with E-state index in [1.165, 1.54) is 6.07 Å².